The summed E-state index contributed by atoms with van der Waals surface area (Å²) in [5, 5.41) is 42.4. The van der Waals surface area contributed by atoms with Crippen molar-refractivity contribution >= 4 is 47.4 Å². The van der Waals surface area contributed by atoms with Crippen LogP contribution in [0.1, 0.15) is 43.9 Å². The van der Waals surface area contributed by atoms with Crippen molar-refractivity contribution in [3.63, 3.8) is 0 Å². The van der Waals surface area contributed by atoms with Gasteiger partial charge in [0.15, 0.2) is 0 Å². The predicted molar refractivity (Wildman–Crippen MR) is 189 cm³/mol. The quantitative estimate of drug-likeness (QED) is 0.0451. The third-order valence-corrected chi connectivity index (χ3v) is 7.83. The first-order chi connectivity index (χ1) is 25.6. The highest BCUT2D eigenvalue weighted by atomic mass is 16.4. The molecular formula is C33H48N10O11. The van der Waals surface area contributed by atoms with E-state index in [1.807, 2.05) is 0 Å². The van der Waals surface area contributed by atoms with Crippen molar-refractivity contribution in [3.8, 4) is 0 Å². The summed E-state index contributed by atoms with van der Waals surface area (Å²) in [5.74, 6) is -8.32. The van der Waals surface area contributed by atoms with E-state index in [2.05, 4.69) is 41.9 Å². The zero-order valence-corrected chi connectivity index (χ0v) is 29.6. The molecule has 0 saturated heterocycles. The van der Waals surface area contributed by atoms with Crippen molar-refractivity contribution in [2.24, 2.45) is 11.5 Å². The number of benzene rings is 1. The van der Waals surface area contributed by atoms with Crippen LogP contribution in [0.15, 0.2) is 42.9 Å². The largest absolute Gasteiger partial charge is 0.481 e. The van der Waals surface area contributed by atoms with Crippen LogP contribution in [-0.4, -0.2) is 129 Å². The average molecular weight is 761 g/mol. The number of H-pyrrole nitrogens is 1. The van der Waals surface area contributed by atoms with E-state index in [1.165, 1.54) is 19.4 Å². The number of aliphatic hydroxyl groups is 1. The Labute approximate surface area is 309 Å². The number of rotatable bonds is 24. The molecule has 54 heavy (non-hydrogen) atoms. The standard InChI is InChI=1S/C33H48N10O11/c1-18(39-32(52)25(16-44)43-31(51)23(13-27(46)47)42-29(49)21(35)9-5-6-10-34)28(48)41-22(12-20-14-36-17-38-20)30(50)37-15-26(45)40-24(33(53)54)11-19-7-3-2-4-8-19/h2-4,7-8,14,17-18,21-25,44H,5-6,9-13,15-16,34-35H2,1H3,(H,36,38)(H,37,50)(H,39,52)(H,40,45)(H,41,48)(H,42,49)(H,43,51)(H,46,47)(H,53,54)/t18-,21-,22-,23-,24-,25-/m0/s1. The van der Waals surface area contributed by atoms with Gasteiger partial charge in [0.1, 0.15) is 30.2 Å². The van der Waals surface area contributed by atoms with Crippen LogP contribution in [0.2, 0.25) is 0 Å². The van der Waals surface area contributed by atoms with Gasteiger partial charge in [-0.3, -0.25) is 33.6 Å². The Balaban J connectivity index is 2.03. The number of hydrogen-bond acceptors (Lipinski definition) is 12. The number of nitrogens with zero attached hydrogens (tertiary/aromatic N) is 1. The first-order valence-electron chi connectivity index (χ1n) is 17.0. The number of carbonyl (C=O) groups excluding carboxylic acids is 6. The minimum Gasteiger partial charge on any atom is -0.481 e. The number of imidazole rings is 1. The van der Waals surface area contributed by atoms with Crippen LogP contribution >= 0.6 is 0 Å². The van der Waals surface area contributed by atoms with Gasteiger partial charge in [-0.15, -0.1) is 0 Å². The van der Waals surface area contributed by atoms with E-state index in [0.717, 1.165) is 0 Å². The Hall–Kier alpha value is -5.93. The van der Waals surface area contributed by atoms with Gasteiger partial charge in [0.25, 0.3) is 0 Å². The Morgan fingerprint density at radius 3 is 2.02 bits per heavy atom. The maximum absolute atomic E-state index is 13.2. The molecule has 0 aliphatic heterocycles. The van der Waals surface area contributed by atoms with Gasteiger partial charge in [-0.2, -0.15) is 0 Å². The van der Waals surface area contributed by atoms with Gasteiger partial charge < -0.3 is 63.7 Å². The van der Waals surface area contributed by atoms with Crippen LogP contribution in [-0.2, 0) is 51.2 Å². The van der Waals surface area contributed by atoms with Crippen LogP contribution in [0.3, 0.4) is 0 Å². The van der Waals surface area contributed by atoms with E-state index in [4.69, 9.17) is 11.5 Å². The van der Waals surface area contributed by atoms with Crippen LogP contribution in [0.25, 0.3) is 0 Å². The molecule has 0 aliphatic rings. The predicted octanol–water partition coefficient (Wildman–Crippen LogP) is -4.24. The first-order valence-corrected chi connectivity index (χ1v) is 17.0. The molecule has 0 unspecified atom stereocenters. The Morgan fingerprint density at radius 2 is 1.43 bits per heavy atom. The van der Waals surface area contributed by atoms with Crippen LogP contribution < -0.4 is 43.4 Å². The zero-order chi connectivity index (χ0) is 40.2. The lowest BCUT2D eigenvalue weighted by Gasteiger charge is -2.24. The van der Waals surface area contributed by atoms with E-state index in [1.54, 1.807) is 30.3 Å². The fourth-order valence-corrected chi connectivity index (χ4v) is 4.85. The molecule has 0 saturated carbocycles. The summed E-state index contributed by atoms with van der Waals surface area (Å²) in [6, 6.07) is 0.132. The Bertz CT molecular complexity index is 1580. The molecule has 1 aromatic heterocycles. The lowest BCUT2D eigenvalue weighted by Crippen LogP contribution is -2.59. The molecule has 0 fully saturated rings. The van der Waals surface area contributed by atoms with Crippen molar-refractivity contribution < 1.29 is 53.7 Å². The molecule has 2 aromatic rings. The van der Waals surface area contributed by atoms with E-state index in [-0.39, 0.29) is 19.3 Å². The van der Waals surface area contributed by atoms with E-state index in [9.17, 15) is 53.7 Å². The van der Waals surface area contributed by atoms with E-state index in [0.29, 0.717) is 30.6 Å². The highest BCUT2D eigenvalue weighted by Crippen LogP contribution is 2.05. The number of amides is 6. The van der Waals surface area contributed by atoms with Crippen molar-refractivity contribution in [2.45, 2.75) is 81.7 Å². The maximum Gasteiger partial charge on any atom is 0.326 e. The minimum atomic E-state index is -1.70. The fourth-order valence-electron chi connectivity index (χ4n) is 4.85. The molecule has 0 aliphatic carbocycles. The maximum atomic E-state index is 13.2. The lowest BCUT2D eigenvalue weighted by atomic mass is 10.1. The number of nitrogens with two attached hydrogens (primary N) is 2. The van der Waals surface area contributed by atoms with Crippen LogP contribution in [0, 0.1) is 0 Å². The number of aliphatic hydroxyl groups excluding tert-OH is 1. The highest BCUT2D eigenvalue weighted by molar-refractivity contribution is 5.97. The lowest BCUT2D eigenvalue weighted by molar-refractivity contribution is -0.142. The normalized spacial score (nSPS) is 14.1. The number of nitrogens with one attached hydrogen (secondary N) is 7. The number of hydrogen-bond donors (Lipinski definition) is 12. The summed E-state index contributed by atoms with van der Waals surface area (Å²) in [7, 11) is 0. The first kappa shape index (κ1) is 44.2. The topological polar surface area (TPSA) is 350 Å². The molecule has 14 N–H and O–H groups in total. The molecule has 1 heterocycles. The van der Waals surface area contributed by atoms with Gasteiger partial charge in [0, 0.05) is 19.0 Å². The molecule has 6 amide bonds. The van der Waals surface area contributed by atoms with Crippen LogP contribution in [0.5, 0.6) is 0 Å². The summed E-state index contributed by atoms with van der Waals surface area (Å²) in [5.41, 5.74) is 12.3. The van der Waals surface area contributed by atoms with E-state index < -0.39 is 103 Å². The second-order valence-electron chi connectivity index (χ2n) is 12.2. The van der Waals surface area contributed by atoms with Gasteiger partial charge in [0.2, 0.25) is 35.4 Å². The third-order valence-electron chi connectivity index (χ3n) is 7.83. The van der Waals surface area contributed by atoms with Gasteiger partial charge in [-0.25, -0.2) is 9.78 Å². The summed E-state index contributed by atoms with van der Waals surface area (Å²) >= 11 is 0. The molecular weight excluding hydrogens is 712 g/mol. The number of aliphatic carboxylic acids is 2. The Kier molecular flexibility index (Phi) is 18.7. The molecule has 2 rings (SSSR count). The fraction of sp³-hybridized carbons (Fsp3) is 0.485. The van der Waals surface area contributed by atoms with Gasteiger partial charge in [-0.1, -0.05) is 36.8 Å². The summed E-state index contributed by atoms with van der Waals surface area (Å²) in [4.78, 5) is 107. The smallest absolute Gasteiger partial charge is 0.326 e. The molecule has 0 bridgehead atoms. The van der Waals surface area contributed by atoms with E-state index >= 15 is 0 Å². The third kappa shape index (κ3) is 15.8. The molecule has 296 valence electrons. The second kappa shape index (κ2) is 22.9. The number of carboxylic acid groups (broad SMARTS) is 2. The number of unbranched alkanes of at least 4 members (excludes halogenated alkanes) is 1. The van der Waals surface area contributed by atoms with Crippen LogP contribution in [0.4, 0.5) is 0 Å². The summed E-state index contributed by atoms with van der Waals surface area (Å²) in [6.45, 7) is -0.0200. The highest BCUT2D eigenvalue weighted by Gasteiger charge is 2.32. The average Bonchev–Trinajstić information content (AvgIpc) is 3.65. The number of aromatic nitrogens is 2. The molecule has 6 atom stereocenters. The second-order valence-corrected chi connectivity index (χ2v) is 12.2. The number of carbonyl (C=O) groups is 8. The van der Waals surface area contributed by atoms with Crippen molar-refractivity contribution in [3.05, 3.63) is 54.1 Å². The molecule has 21 heteroatoms. The van der Waals surface area contributed by atoms with Crippen molar-refractivity contribution in [2.75, 3.05) is 19.7 Å². The Morgan fingerprint density at radius 1 is 0.778 bits per heavy atom. The summed E-state index contributed by atoms with van der Waals surface area (Å²) < 4.78 is 0. The minimum absolute atomic E-state index is 0.0116. The molecule has 0 spiro atoms. The summed E-state index contributed by atoms with van der Waals surface area (Å²) in [6.07, 6.45) is 3.04. The molecule has 1 aromatic carbocycles. The van der Waals surface area contributed by atoms with Gasteiger partial charge >= 0.3 is 11.9 Å². The van der Waals surface area contributed by atoms with Gasteiger partial charge in [-0.05, 0) is 31.9 Å². The molecule has 0 radical (unpaired) electrons. The number of aromatic amines is 1. The zero-order valence-electron chi connectivity index (χ0n) is 29.6. The SMILES string of the molecule is C[C@H](NC(=O)[C@H](CO)NC(=O)[C@H](CC(=O)O)NC(=O)[C@@H](N)CCCCN)C(=O)N[C@@H](Cc1c[nH]cn1)C(=O)NCC(=O)N[C@@H](Cc1ccccc1)C(=O)O. The molecule has 21 nitrogen and oxygen atoms in total. The monoisotopic (exact) mass is 760 g/mol. The number of carboxylic acids is 2. The van der Waals surface area contributed by atoms with Crippen molar-refractivity contribution in [1.29, 1.82) is 0 Å². The van der Waals surface area contributed by atoms with Gasteiger partial charge in [0.05, 0.1) is 37.6 Å². The van der Waals surface area contributed by atoms with Crippen molar-refractivity contribution in [1.82, 2.24) is 41.9 Å².